The molecule has 0 atom stereocenters. The van der Waals surface area contributed by atoms with Gasteiger partial charge in [0.05, 0.1) is 18.4 Å². The maximum absolute atomic E-state index is 13.0. The number of ketones is 1. The second kappa shape index (κ2) is 7.13. The van der Waals surface area contributed by atoms with Crippen molar-refractivity contribution in [3.8, 4) is 23.3 Å². The minimum Gasteiger partial charge on any atom is -0.496 e. The molecule has 2 aromatic carbocycles. The third kappa shape index (κ3) is 2.98. The summed E-state index contributed by atoms with van der Waals surface area (Å²) in [6.45, 7) is 0.172. The Morgan fingerprint density at radius 3 is 2.82 bits per heavy atom. The summed E-state index contributed by atoms with van der Waals surface area (Å²) in [6, 6.07) is 14.3. The lowest BCUT2D eigenvalue weighted by Gasteiger charge is -2.06. The fourth-order valence-electron chi connectivity index (χ4n) is 2.87. The largest absolute Gasteiger partial charge is 0.496 e. The van der Waals surface area contributed by atoms with E-state index in [-0.39, 0.29) is 28.7 Å². The van der Waals surface area contributed by atoms with E-state index in [9.17, 15) is 10.1 Å². The van der Waals surface area contributed by atoms with Gasteiger partial charge in [-0.05, 0) is 24.3 Å². The molecule has 0 bridgehead atoms. The number of para-hydroxylation sites is 1. The number of methoxy groups -OCH3 is 1. The summed E-state index contributed by atoms with van der Waals surface area (Å²) in [5.41, 5.74) is 7.58. The van der Waals surface area contributed by atoms with Crippen molar-refractivity contribution in [3.63, 3.8) is 0 Å². The van der Waals surface area contributed by atoms with Gasteiger partial charge in [-0.3, -0.25) is 4.79 Å². The summed E-state index contributed by atoms with van der Waals surface area (Å²) < 4.78 is 15.9. The number of benzene rings is 2. The highest BCUT2D eigenvalue weighted by Crippen LogP contribution is 2.41. The molecule has 7 nitrogen and oxygen atoms in total. The van der Waals surface area contributed by atoms with Crippen molar-refractivity contribution < 1.29 is 19.0 Å². The van der Waals surface area contributed by atoms with E-state index in [1.165, 1.54) is 7.11 Å². The number of anilines is 3. The van der Waals surface area contributed by atoms with Gasteiger partial charge in [-0.15, -0.1) is 11.3 Å². The Kier molecular flexibility index (Phi) is 4.51. The van der Waals surface area contributed by atoms with Gasteiger partial charge in [0.1, 0.15) is 27.3 Å². The molecule has 0 amide bonds. The molecule has 3 N–H and O–H groups in total. The molecular weight excluding hydrogens is 378 g/mol. The van der Waals surface area contributed by atoms with Crippen molar-refractivity contribution >= 4 is 33.5 Å². The molecule has 140 valence electrons. The minimum atomic E-state index is -0.296. The maximum atomic E-state index is 13.0. The van der Waals surface area contributed by atoms with Crippen molar-refractivity contribution in [2.24, 2.45) is 0 Å². The fraction of sp³-hybridized carbons (Fsp3) is 0.100. The van der Waals surface area contributed by atoms with Crippen molar-refractivity contribution in [2.45, 2.75) is 0 Å². The Morgan fingerprint density at radius 1 is 1.25 bits per heavy atom. The van der Waals surface area contributed by atoms with Crippen LogP contribution in [-0.2, 0) is 0 Å². The normalized spacial score (nSPS) is 11.7. The van der Waals surface area contributed by atoms with Crippen LogP contribution in [0.15, 0.2) is 42.5 Å². The number of ether oxygens (including phenoxy) is 3. The molecule has 1 aromatic heterocycles. The number of thiophene rings is 1. The molecule has 28 heavy (non-hydrogen) atoms. The number of carbonyl (C=O) groups excluding carboxylic acids is 1. The number of nitriles is 1. The molecule has 0 aliphatic carbocycles. The van der Waals surface area contributed by atoms with E-state index >= 15 is 0 Å². The molecule has 0 fully saturated rings. The number of nitrogens with zero attached hydrogens (tertiary/aromatic N) is 1. The van der Waals surface area contributed by atoms with Gasteiger partial charge in [-0.2, -0.15) is 5.26 Å². The van der Waals surface area contributed by atoms with E-state index in [2.05, 4.69) is 11.4 Å². The lowest BCUT2D eigenvalue weighted by atomic mass is 10.1. The molecule has 1 aliphatic rings. The monoisotopic (exact) mass is 393 g/mol. The predicted octanol–water partition coefficient (Wildman–Crippen LogP) is 3.91. The number of hydrogen-bond donors (Lipinski definition) is 2. The number of nitrogens with one attached hydrogen (secondary N) is 1. The average Bonchev–Trinajstić information content (AvgIpc) is 3.31. The topological polar surface area (TPSA) is 107 Å². The van der Waals surface area contributed by atoms with Crippen LogP contribution in [0, 0.1) is 11.3 Å². The Morgan fingerprint density at radius 2 is 2.04 bits per heavy atom. The van der Waals surface area contributed by atoms with E-state index in [1.807, 2.05) is 0 Å². The molecule has 0 unspecified atom stereocenters. The zero-order valence-corrected chi connectivity index (χ0v) is 15.6. The van der Waals surface area contributed by atoms with Crippen LogP contribution < -0.4 is 25.3 Å². The van der Waals surface area contributed by atoms with E-state index in [0.29, 0.717) is 33.5 Å². The van der Waals surface area contributed by atoms with Gasteiger partial charge in [0.15, 0.2) is 11.5 Å². The lowest BCUT2D eigenvalue weighted by Crippen LogP contribution is -2.04. The van der Waals surface area contributed by atoms with E-state index < -0.39 is 0 Å². The second-order valence-electron chi connectivity index (χ2n) is 5.88. The molecule has 2 heterocycles. The van der Waals surface area contributed by atoms with Gasteiger partial charge >= 0.3 is 0 Å². The summed E-state index contributed by atoms with van der Waals surface area (Å²) in [4.78, 5) is 13.3. The minimum absolute atomic E-state index is 0.145. The molecule has 8 heteroatoms. The van der Waals surface area contributed by atoms with Crippen LogP contribution in [0.4, 0.5) is 16.4 Å². The van der Waals surface area contributed by atoms with Crippen molar-refractivity contribution in [1.82, 2.24) is 0 Å². The van der Waals surface area contributed by atoms with Crippen molar-refractivity contribution in [1.29, 1.82) is 5.26 Å². The quantitative estimate of drug-likeness (QED) is 0.633. The summed E-state index contributed by atoms with van der Waals surface area (Å²) in [6.07, 6.45) is 0. The number of rotatable bonds is 5. The van der Waals surface area contributed by atoms with Crippen LogP contribution in [0.1, 0.15) is 20.8 Å². The molecule has 3 aromatic rings. The number of carbonyl (C=O) groups is 1. The number of nitrogens with two attached hydrogens (primary N) is 1. The first-order chi connectivity index (χ1) is 13.6. The second-order valence-corrected chi connectivity index (χ2v) is 6.90. The Bertz CT molecular complexity index is 1120. The summed E-state index contributed by atoms with van der Waals surface area (Å²) in [7, 11) is 1.50. The smallest absolute Gasteiger partial charge is 0.231 e. The Labute approximate surface area is 164 Å². The van der Waals surface area contributed by atoms with Crippen LogP contribution >= 0.6 is 11.3 Å². The summed E-state index contributed by atoms with van der Waals surface area (Å²) in [5.74, 6) is 1.42. The number of fused-ring (bicyclic) bond motifs is 1. The molecular formula is C20H15N3O4S. The molecule has 0 saturated heterocycles. The first kappa shape index (κ1) is 17.7. The predicted molar refractivity (Wildman–Crippen MR) is 106 cm³/mol. The Balaban J connectivity index is 1.70. The lowest BCUT2D eigenvalue weighted by molar-refractivity contribution is 0.104. The molecule has 4 rings (SSSR count). The molecule has 0 radical (unpaired) electrons. The molecule has 1 aliphatic heterocycles. The SMILES string of the molecule is COc1ccccc1C(=O)c1sc(Nc2ccc3c(c2)OCO3)c(C#N)c1N. The number of nitrogen functional groups attached to an aromatic ring is 1. The van der Waals surface area contributed by atoms with Gasteiger partial charge in [0, 0.05) is 11.8 Å². The fourth-order valence-corrected chi connectivity index (χ4v) is 3.92. The average molecular weight is 393 g/mol. The molecule has 0 spiro atoms. The third-order valence-electron chi connectivity index (χ3n) is 4.25. The Hall–Kier alpha value is -3.70. The zero-order valence-electron chi connectivity index (χ0n) is 14.8. The van der Waals surface area contributed by atoms with Gasteiger partial charge in [-0.1, -0.05) is 12.1 Å². The van der Waals surface area contributed by atoms with Crippen LogP contribution in [0.5, 0.6) is 17.2 Å². The van der Waals surface area contributed by atoms with Crippen LogP contribution in [0.25, 0.3) is 0 Å². The van der Waals surface area contributed by atoms with Crippen LogP contribution in [0.3, 0.4) is 0 Å². The van der Waals surface area contributed by atoms with Crippen molar-refractivity contribution in [3.05, 3.63) is 58.5 Å². The standard InChI is InChI=1S/C20H15N3O4S/c1-25-14-5-3-2-4-12(14)18(24)19-17(22)13(9-21)20(28-19)23-11-6-7-15-16(8-11)27-10-26-15/h2-8,23H,10,22H2,1H3. The van der Waals surface area contributed by atoms with Crippen LogP contribution in [-0.4, -0.2) is 19.7 Å². The van der Waals surface area contributed by atoms with Gasteiger partial charge < -0.3 is 25.3 Å². The highest BCUT2D eigenvalue weighted by Gasteiger charge is 2.24. The van der Waals surface area contributed by atoms with Gasteiger partial charge in [0.25, 0.3) is 0 Å². The first-order valence-corrected chi connectivity index (χ1v) is 9.10. The highest BCUT2D eigenvalue weighted by atomic mass is 32.1. The molecule has 0 saturated carbocycles. The van der Waals surface area contributed by atoms with Gasteiger partial charge in [0.2, 0.25) is 12.6 Å². The van der Waals surface area contributed by atoms with E-state index in [1.54, 1.807) is 42.5 Å². The third-order valence-corrected chi connectivity index (χ3v) is 5.36. The summed E-state index contributed by atoms with van der Waals surface area (Å²) >= 11 is 1.13. The summed E-state index contributed by atoms with van der Waals surface area (Å²) in [5, 5.41) is 13.2. The van der Waals surface area contributed by atoms with Gasteiger partial charge in [-0.25, -0.2) is 0 Å². The first-order valence-electron chi connectivity index (χ1n) is 8.29. The van der Waals surface area contributed by atoms with Crippen LogP contribution in [0.2, 0.25) is 0 Å². The van der Waals surface area contributed by atoms with E-state index in [4.69, 9.17) is 19.9 Å². The van der Waals surface area contributed by atoms with Crippen molar-refractivity contribution in [2.75, 3.05) is 25.0 Å². The number of hydrogen-bond acceptors (Lipinski definition) is 8. The zero-order chi connectivity index (χ0) is 19.7. The maximum Gasteiger partial charge on any atom is 0.231 e. The van der Waals surface area contributed by atoms with E-state index in [0.717, 1.165) is 11.3 Å². The highest BCUT2D eigenvalue weighted by molar-refractivity contribution is 7.19.